The Bertz CT molecular complexity index is 1190. The number of ketones is 2. The van der Waals surface area contributed by atoms with Crippen molar-refractivity contribution in [3.05, 3.63) is 46.3 Å². The molecule has 0 amide bonds. The minimum Gasteiger partial charge on any atom is -0.493 e. The zero-order valence-corrected chi connectivity index (χ0v) is 24.1. The Kier molecular flexibility index (Phi) is 7.99. The Morgan fingerprint density at radius 2 is 1.49 bits per heavy atom. The number of ether oxygens (including phenoxy) is 2. The first kappa shape index (κ1) is 28.9. The highest BCUT2D eigenvalue weighted by Gasteiger charge is 2.48. The first-order valence-electron chi connectivity index (χ1n) is 13.8. The molecule has 1 aliphatic heterocycles. The van der Waals surface area contributed by atoms with Gasteiger partial charge in [-0.2, -0.15) is 0 Å². The van der Waals surface area contributed by atoms with Crippen molar-refractivity contribution >= 4 is 17.5 Å². The van der Waals surface area contributed by atoms with Crippen LogP contribution in [0.25, 0.3) is 0 Å². The molecule has 2 aliphatic carbocycles. The van der Waals surface area contributed by atoms with Crippen LogP contribution < -0.4 is 15.2 Å². The van der Waals surface area contributed by atoms with Crippen LogP contribution in [0.3, 0.4) is 0 Å². The minimum absolute atomic E-state index is 0.0723. The summed E-state index contributed by atoms with van der Waals surface area (Å²) in [4.78, 5) is 41.2. The zero-order chi connectivity index (χ0) is 28.7. The molecule has 1 unspecified atom stereocenters. The number of nitrogens with two attached hydrogens (primary N) is 1. The van der Waals surface area contributed by atoms with Crippen LogP contribution in [0.2, 0.25) is 0 Å². The molecule has 0 aromatic heterocycles. The number of carbonyl (C=O) groups excluding carboxylic acids is 2. The second-order valence-electron chi connectivity index (χ2n) is 12.7. The average Bonchev–Trinajstić information content (AvgIpc) is 2.84. The Morgan fingerprint density at radius 3 is 1.97 bits per heavy atom. The molecule has 0 saturated carbocycles. The summed E-state index contributed by atoms with van der Waals surface area (Å²) in [6, 6.07) is 4.77. The van der Waals surface area contributed by atoms with Crippen molar-refractivity contribution < 1.29 is 29.0 Å². The van der Waals surface area contributed by atoms with Gasteiger partial charge < -0.3 is 25.2 Å². The average molecular weight is 539 g/mol. The Hall–Kier alpha value is -3.13. The number of benzene rings is 1. The number of carboxylic acid groups (broad SMARTS) is 1. The number of carboxylic acids is 1. The second-order valence-corrected chi connectivity index (χ2v) is 12.7. The molecule has 4 rings (SSSR count). The molecule has 1 aromatic rings. The standard InChI is InChI=1S/C31H42N2O6/c1-30(2)14-20-27(22(34)16-30)26(18-10-11-24(38-5)25(13-18)39-6)28-21(15-31(3,4)17-23(28)35)33(20)12-8-7-9-19(32)29(36)37/h10-11,13,19,26H,7-9,12,14-17,32H2,1-6H3,(H,36,37). The summed E-state index contributed by atoms with van der Waals surface area (Å²) in [5.41, 5.74) is 9.55. The molecule has 8 nitrogen and oxygen atoms in total. The molecular formula is C31H42N2O6. The van der Waals surface area contributed by atoms with E-state index in [0.29, 0.717) is 61.3 Å². The van der Waals surface area contributed by atoms with Crippen LogP contribution in [-0.4, -0.2) is 54.3 Å². The summed E-state index contributed by atoms with van der Waals surface area (Å²) in [6.07, 6.45) is 4.00. The topological polar surface area (TPSA) is 119 Å². The van der Waals surface area contributed by atoms with Crippen LogP contribution in [0.1, 0.15) is 84.1 Å². The molecule has 0 spiro atoms. The molecule has 0 bridgehead atoms. The first-order chi connectivity index (χ1) is 18.3. The van der Waals surface area contributed by atoms with Crippen LogP contribution in [0.15, 0.2) is 40.7 Å². The Balaban J connectivity index is 1.85. The third kappa shape index (κ3) is 5.76. The summed E-state index contributed by atoms with van der Waals surface area (Å²) in [6.45, 7) is 9.07. The maximum atomic E-state index is 13.9. The Morgan fingerprint density at radius 1 is 0.949 bits per heavy atom. The number of carbonyl (C=O) groups is 3. The van der Waals surface area contributed by atoms with Crippen LogP contribution in [0.4, 0.5) is 0 Å². The van der Waals surface area contributed by atoms with Gasteiger partial charge in [0.25, 0.3) is 0 Å². The smallest absolute Gasteiger partial charge is 0.320 e. The highest BCUT2D eigenvalue weighted by atomic mass is 16.5. The van der Waals surface area contributed by atoms with Gasteiger partial charge in [0.05, 0.1) is 14.2 Å². The fourth-order valence-corrected chi connectivity index (χ4v) is 6.44. The number of allylic oxidation sites excluding steroid dienone is 4. The van der Waals surface area contributed by atoms with Crippen molar-refractivity contribution in [3.8, 4) is 11.5 Å². The number of rotatable bonds is 9. The van der Waals surface area contributed by atoms with Gasteiger partial charge in [-0.05, 0) is 60.6 Å². The lowest BCUT2D eigenvalue weighted by Crippen LogP contribution is -2.44. The van der Waals surface area contributed by atoms with Gasteiger partial charge in [-0.1, -0.05) is 33.8 Å². The van der Waals surface area contributed by atoms with Crippen molar-refractivity contribution in [3.63, 3.8) is 0 Å². The van der Waals surface area contributed by atoms with E-state index in [9.17, 15) is 19.5 Å². The number of unbranched alkanes of at least 4 members (excludes halogenated alkanes) is 1. The fraction of sp³-hybridized carbons (Fsp3) is 0.581. The van der Waals surface area contributed by atoms with Crippen LogP contribution in [0.5, 0.6) is 11.5 Å². The predicted octanol–water partition coefficient (Wildman–Crippen LogP) is 4.97. The van der Waals surface area contributed by atoms with E-state index in [-0.39, 0.29) is 22.4 Å². The predicted molar refractivity (Wildman–Crippen MR) is 149 cm³/mol. The number of hydrogen-bond donors (Lipinski definition) is 2. The summed E-state index contributed by atoms with van der Waals surface area (Å²) < 4.78 is 11.0. The molecule has 3 aliphatic rings. The Labute approximate surface area is 231 Å². The van der Waals surface area contributed by atoms with Gasteiger partial charge in [-0.3, -0.25) is 14.4 Å². The number of hydrogen-bond acceptors (Lipinski definition) is 7. The summed E-state index contributed by atoms with van der Waals surface area (Å²) in [5.74, 6) is -0.164. The second kappa shape index (κ2) is 10.8. The molecular weight excluding hydrogens is 496 g/mol. The minimum atomic E-state index is -1.00. The molecule has 0 saturated heterocycles. The number of nitrogens with zero attached hydrogens (tertiary/aromatic N) is 1. The van der Waals surface area contributed by atoms with E-state index < -0.39 is 17.9 Å². The van der Waals surface area contributed by atoms with E-state index in [2.05, 4.69) is 32.6 Å². The molecule has 1 atom stereocenters. The monoisotopic (exact) mass is 538 g/mol. The highest BCUT2D eigenvalue weighted by molar-refractivity contribution is 6.06. The molecule has 1 heterocycles. The van der Waals surface area contributed by atoms with E-state index in [0.717, 1.165) is 29.8 Å². The van der Waals surface area contributed by atoms with Gasteiger partial charge in [-0.15, -0.1) is 0 Å². The molecule has 1 aromatic carbocycles. The molecule has 3 N–H and O–H groups in total. The van der Waals surface area contributed by atoms with Gasteiger partial charge in [-0.25, -0.2) is 0 Å². The number of Topliss-reactive ketones (excluding diaryl/α,β-unsaturated/α-hetero) is 2. The lowest BCUT2D eigenvalue weighted by atomic mass is 9.63. The van der Waals surface area contributed by atoms with Crippen LogP contribution >= 0.6 is 0 Å². The van der Waals surface area contributed by atoms with Crippen molar-refractivity contribution in [2.45, 2.75) is 84.6 Å². The highest BCUT2D eigenvalue weighted by Crippen LogP contribution is 2.55. The van der Waals surface area contributed by atoms with Crippen molar-refractivity contribution in [1.82, 2.24) is 4.90 Å². The van der Waals surface area contributed by atoms with Gasteiger partial charge in [0.15, 0.2) is 23.1 Å². The summed E-state index contributed by atoms with van der Waals surface area (Å²) >= 11 is 0. The van der Waals surface area contributed by atoms with E-state index in [1.54, 1.807) is 14.2 Å². The van der Waals surface area contributed by atoms with Crippen molar-refractivity contribution in [2.24, 2.45) is 16.6 Å². The van der Waals surface area contributed by atoms with Crippen molar-refractivity contribution in [2.75, 3.05) is 20.8 Å². The quantitative estimate of drug-likeness (QED) is 0.423. The van der Waals surface area contributed by atoms with Crippen molar-refractivity contribution in [1.29, 1.82) is 0 Å². The third-order valence-corrected chi connectivity index (χ3v) is 8.23. The van der Waals surface area contributed by atoms with E-state index in [1.807, 2.05) is 18.2 Å². The SMILES string of the molecule is COc1ccc(C2C3=C(CC(C)(C)CC3=O)N(CCCCC(N)C(=O)O)C3=C2C(=O)CC(C)(C)C3)cc1OC. The largest absolute Gasteiger partial charge is 0.493 e. The van der Waals surface area contributed by atoms with Gasteiger partial charge >= 0.3 is 5.97 Å². The summed E-state index contributed by atoms with van der Waals surface area (Å²) in [5, 5.41) is 9.18. The normalized spacial score (nSPS) is 21.5. The number of methoxy groups -OCH3 is 2. The lowest BCUT2D eigenvalue weighted by molar-refractivity contribution is -0.138. The van der Waals surface area contributed by atoms with Gasteiger partial charge in [0, 0.05) is 47.8 Å². The van der Waals surface area contributed by atoms with E-state index in [4.69, 9.17) is 15.2 Å². The molecule has 212 valence electrons. The van der Waals surface area contributed by atoms with Crippen LogP contribution in [-0.2, 0) is 14.4 Å². The van der Waals surface area contributed by atoms with Crippen LogP contribution in [0, 0.1) is 10.8 Å². The molecule has 39 heavy (non-hydrogen) atoms. The van der Waals surface area contributed by atoms with E-state index >= 15 is 0 Å². The molecule has 8 heteroatoms. The summed E-state index contributed by atoms with van der Waals surface area (Å²) in [7, 11) is 3.17. The molecule has 0 radical (unpaired) electrons. The number of aliphatic carboxylic acids is 1. The fourth-order valence-electron chi connectivity index (χ4n) is 6.44. The van der Waals surface area contributed by atoms with Gasteiger partial charge in [0.2, 0.25) is 0 Å². The first-order valence-corrected chi connectivity index (χ1v) is 13.8. The molecule has 0 fully saturated rings. The third-order valence-electron chi connectivity index (χ3n) is 8.23. The van der Waals surface area contributed by atoms with Gasteiger partial charge in [0.1, 0.15) is 6.04 Å². The zero-order valence-electron chi connectivity index (χ0n) is 24.1. The lowest BCUT2D eigenvalue weighted by Gasteiger charge is -2.49. The maximum Gasteiger partial charge on any atom is 0.320 e. The maximum absolute atomic E-state index is 13.9. The van der Waals surface area contributed by atoms with E-state index in [1.165, 1.54) is 0 Å².